The van der Waals surface area contributed by atoms with Crippen molar-refractivity contribution in [2.75, 3.05) is 6.61 Å². The second-order valence-corrected chi connectivity index (χ2v) is 8.35. The summed E-state index contributed by atoms with van der Waals surface area (Å²) in [6.07, 6.45) is 13.2. The molecule has 2 aromatic heterocycles. The number of aromatic nitrogens is 3. The monoisotopic (exact) mass is 398 g/mol. The van der Waals surface area contributed by atoms with E-state index in [1.54, 1.807) is 22.7 Å². The Labute approximate surface area is 171 Å². The highest BCUT2D eigenvalue weighted by molar-refractivity contribution is 5.91. The molecule has 0 saturated heterocycles. The molecule has 0 aromatic carbocycles. The number of amides is 1. The minimum absolute atomic E-state index is 0.0429. The van der Waals surface area contributed by atoms with Crippen LogP contribution in [0.15, 0.2) is 18.3 Å². The predicted octanol–water partition coefficient (Wildman–Crippen LogP) is 3.69. The van der Waals surface area contributed by atoms with Crippen LogP contribution in [-0.2, 0) is 9.53 Å². The highest BCUT2D eigenvalue weighted by atomic mass is 16.5. The number of hydrogen-bond acceptors (Lipinski definition) is 5. The third kappa shape index (κ3) is 4.43. The van der Waals surface area contributed by atoms with Crippen LogP contribution in [0.4, 0.5) is 0 Å². The van der Waals surface area contributed by atoms with E-state index in [1.165, 1.54) is 38.5 Å². The largest absolute Gasteiger partial charge is 0.452 e. The average Bonchev–Trinajstić information content (AvgIpc) is 3.14. The fourth-order valence-electron chi connectivity index (χ4n) is 4.84. The normalized spacial score (nSPS) is 18.7. The zero-order valence-electron chi connectivity index (χ0n) is 17.2. The predicted molar refractivity (Wildman–Crippen MR) is 109 cm³/mol. The number of nitrogens with zero attached hydrogens (tertiary/aromatic N) is 4. The van der Waals surface area contributed by atoms with Crippen LogP contribution < -0.4 is 0 Å². The number of aryl methyl sites for hydroxylation is 1. The molecule has 4 rings (SSSR count). The van der Waals surface area contributed by atoms with E-state index < -0.39 is 5.97 Å². The van der Waals surface area contributed by atoms with Gasteiger partial charge in [-0.2, -0.15) is 0 Å². The third-order valence-electron chi connectivity index (χ3n) is 6.36. The number of esters is 1. The Morgan fingerprint density at radius 3 is 2.24 bits per heavy atom. The number of ether oxygens (including phenoxy) is 1. The lowest BCUT2D eigenvalue weighted by Crippen LogP contribution is -2.50. The molecular weight excluding hydrogens is 368 g/mol. The van der Waals surface area contributed by atoms with Crippen LogP contribution in [0, 0.1) is 6.92 Å². The molecule has 0 unspecified atom stereocenters. The molecule has 2 aromatic rings. The van der Waals surface area contributed by atoms with Gasteiger partial charge in [-0.05, 0) is 44.7 Å². The summed E-state index contributed by atoms with van der Waals surface area (Å²) in [5.41, 5.74) is 1.07. The molecule has 0 spiro atoms. The summed E-state index contributed by atoms with van der Waals surface area (Å²) in [7, 11) is 0. The standard InChI is InChI=1S/C22H30N4O3/c1-16-23-24-20-13-12-17(14-25(16)20)22(28)29-15-21(27)26(18-8-4-2-5-9-18)19-10-6-3-7-11-19/h12-14,18-19H,2-11,15H2,1H3. The first-order chi connectivity index (χ1) is 14.1. The maximum atomic E-state index is 13.1. The van der Waals surface area contributed by atoms with Gasteiger partial charge < -0.3 is 9.64 Å². The van der Waals surface area contributed by atoms with Gasteiger partial charge in [0.1, 0.15) is 5.82 Å². The summed E-state index contributed by atoms with van der Waals surface area (Å²) in [5, 5.41) is 8.02. The first-order valence-corrected chi connectivity index (χ1v) is 10.9. The number of rotatable bonds is 5. The Morgan fingerprint density at radius 2 is 1.62 bits per heavy atom. The lowest BCUT2D eigenvalue weighted by Gasteiger charge is -2.41. The van der Waals surface area contributed by atoms with Gasteiger partial charge in [-0.25, -0.2) is 4.79 Å². The van der Waals surface area contributed by atoms with E-state index in [-0.39, 0.29) is 12.5 Å². The van der Waals surface area contributed by atoms with E-state index >= 15 is 0 Å². The maximum absolute atomic E-state index is 13.1. The van der Waals surface area contributed by atoms with Crippen molar-refractivity contribution in [3.63, 3.8) is 0 Å². The average molecular weight is 399 g/mol. The minimum Gasteiger partial charge on any atom is -0.452 e. The van der Waals surface area contributed by atoms with E-state index in [9.17, 15) is 9.59 Å². The topological polar surface area (TPSA) is 76.8 Å². The molecule has 2 saturated carbocycles. The molecule has 2 aliphatic carbocycles. The van der Waals surface area contributed by atoms with Crippen molar-refractivity contribution >= 4 is 17.5 Å². The van der Waals surface area contributed by atoms with E-state index in [4.69, 9.17) is 4.74 Å². The highest BCUT2D eigenvalue weighted by Crippen LogP contribution is 2.30. The fourth-order valence-corrected chi connectivity index (χ4v) is 4.84. The zero-order valence-corrected chi connectivity index (χ0v) is 17.2. The van der Waals surface area contributed by atoms with Gasteiger partial charge in [0.15, 0.2) is 12.3 Å². The first kappa shape index (κ1) is 19.9. The Bertz CT molecular complexity index is 848. The maximum Gasteiger partial charge on any atom is 0.340 e. The molecule has 7 nitrogen and oxygen atoms in total. The molecule has 0 bridgehead atoms. The van der Waals surface area contributed by atoms with Crippen molar-refractivity contribution in [3.8, 4) is 0 Å². The Morgan fingerprint density at radius 1 is 1.00 bits per heavy atom. The zero-order chi connectivity index (χ0) is 20.2. The smallest absolute Gasteiger partial charge is 0.340 e. The van der Waals surface area contributed by atoms with Gasteiger partial charge in [-0.15, -0.1) is 10.2 Å². The van der Waals surface area contributed by atoms with Gasteiger partial charge in [0, 0.05) is 18.3 Å². The van der Waals surface area contributed by atoms with Gasteiger partial charge >= 0.3 is 5.97 Å². The summed E-state index contributed by atoms with van der Waals surface area (Å²) in [4.78, 5) is 27.8. The molecule has 0 atom stereocenters. The van der Waals surface area contributed by atoms with Crippen molar-refractivity contribution in [1.82, 2.24) is 19.5 Å². The van der Waals surface area contributed by atoms with E-state index in [0.717, 1.165) is 25.7 Å². The van der Waals surface area contributed by atoms with Gasteiger partial charge in [0.2, 0.25) is 0 Å². The molecule has 156 valence electrons. The number of pyridine rings is 1. The Kier molecular flexibility index (Phi) is 6.11. The van der Waals surface area contributed by atoms with Crippen LogP contribution in [0.1, 0.15) is 80.4 Å². The van der Waals surface area contributed by atoms with Crippen molar-refractivity contribution in [1.29, 1.82) is 0 Å². The summed E-state index contributed by atoms with van der Waals surface area (Å²) in [5.74, 6) is 0.172. The second-order valence-electron chi connectivity index (χ2n) is 8.35. The van der Waals surface area contributed by atoms with Crippen LogP contribution >= 0.6 is 0 Å². The van der Waals surface area contributed by atoms with Crippen LogP contribution in [0.3, 0.4) is 0 Å². The van der Waals surface area contributed by atoms with E-state index in [0.29, 0.717) is 29.1 Å². The molecule has 1 amide bonds. The van der Waals surface area contributed by atoms with Crippen LogP contribution in [0.5, 0.6) is 0 Å². The fraction of sp³-hybridized carbons (Fsp3) is 0.636. The Balaban J connectivity index is 1.43. The molecule has 7 heteroatoms. The number of hydrogen-bond donors (Lipinski definition) is 0. The summed E-state index contributed by atoms with van der Waals surface area (Å²) >= 11 is 0. The second kappa shape index (κ2) is 8.93. The van der Waals surface area contributed by atoms with E-state index in [1.807, 2.05) is 6.92 Å². The molecule has 0 aliphatic heterocycles. The van der Waals surface area contributed by atoms with Gasteiger partial charge in [0.05, 0.1) is 5.56 Å². The first-order valence-electron chi connectivity index (χ1n) is 10.9. The number of fused-ring (bicyclic) bond motifs is 1. The van der Waals surface area contributed by atoms with Crippen molar-refractivity contribution < 1.29 is 14.3 Å². The minimum atomic E-state index is -0.486. The lowest BCUT2D eigenvalue weighted by molar-refractivity contribution is -0.141. The van der Waals surface area contributed by atoms with Gasteiger partial charge in [-0.1, -0.05) is 38.5 Å². The molecular formula is C22H30N4O3. The van der Waals surface area contributed by atoms with Crippen molar-refractivity contribution in [3.05, 3.63) is 29.7 Å². The molecule has 0 radical (unpaired) electrons. The van der Waals surface area contributed by atoms with Crippen LogP contribution in [0.25, 0.3) is 5.65 Å². The van der Waals surface area contributed by atoms with Gasteiger partial charge in [0.25, 0.3) is 5.91 Å². The van der Waals surface area contributed by atoms with E-state index in [2.05, 4.69) is 15.1 Å². The molecule has 2 heterocycles. The lowest BCUT2D eigenvalue weighted by atomic mass is 9.88. The van der Waals surface area contributed by atoms with Gasteiger partial charge in [-0.3, -0.25) is 9.20 Å². The van der Waals surface area contributed by atoms with Crippen molar-refractivity contribution in [2.45, 2.75) is 83.2 Å². The van der Waals surface area contributed by atoms with Crippen LogP contribution in [-0.4, -0.2) is 50.1 Å². The summed E-state index contributed by atoms with van der Waals surface area (Å²) < 4.78 is 7.18. The third-order valence-corrected chi connectivity index (χ3v) is 6.36. The van der Waals surface area contributed by atoms with Crippen molar-refractivity contribution in [2.24, 2.45) is 0 Å². The quantitative estimate of drug-likeness (QED) is 0.718. The van der Waals surface area contributed by atoms with Crippen LogP contribution in [0.2, 0.25) is 0 Å². The number of carbonyl (C=O) groups excluding carboxylic acids is 2. The summed E-state index contributed by atoms with van der Waals surface area (Å²) in [6.45, 7) is 1.63. The molecule has 29 heavy (non-hydrogen) atoms. The molecule has 2 fully saturated rings. The summed E-state index contributed by atoms with van der Waals surface area (Å²) in [6, 6.07) is 3.99. The number of carbonyl (C=O) groups is 2. The molecule has 2 aliphatic rings. The highest BCUT2D eigenvalue weighted by Gasteiger charge is 2.32. The SMILES string of the molecule is Cc1nnc2ccc(C(=O)OCC(=O)N(C3CCCCC3)C3CCCCC3)cn12. The molecule has 0 N–H and O–H groups in total. The Hall–Kier alpha value is -2.44.